The van der Waals surface area contributed by atoms with E-state index in [0.29, 0.717) is 11.0 Å². The second-order valence-electron chi connectivity index (χ2n) is 6.18. The molecule has 3 aliphatic carbocycles. The van der Waals surface area contributed by atoms with Crippen LogP contribution in [0.3, 0.4) is 0 Å². The first kappa shape index (κ1) is 11.3. The van der Waals surface area contributed by atoms with Gasteiger partial charge in [-0.15, -0.1) is 0 Å². The molecule has 1 N–H and O–H groups in total. The molecule has 4 rings (SSSR count). The van der Waals surface area contributed by atoms with Gasteiger partial charge in [0.25, 0.3) is 0 Å². The molecule has 0 spiro atoms. The Kier molecular flexibility index (Phi) is 2.55. The van der Waals surface area contributed by atoms with Gasteiger partial charge >= 0.3 is 0 Å². The topological polar surface area (TPSA) is 12.0 Å². The fourth-order valence-electron chi connectivity index (χ4n) is 3.90. The average molecular weight is 229 g/mol. The highest BCUT2D eigenvalue weighted by molar-refractivity contribution is 5.31. The monoisotopic (exact) mass is 229 g/mol. The summed E-state index contributed by atoms with van der Waals surface area (Å²) in [6, 6.07) is 9.29. The first-order valence-electron chi connectivity index (χ1n) is 6.94. The smallest absolute Gasteiger partial charge is 0.0179 e. The summed E-state index contributed by atoms with van der Waals surface area (Å²) >= 11 is 0. The molecule has 1 nitrogen and oxygen atoms in total. The molecular weight excluding hydrogens is 206 g/mol. The Labute approximate surface area is 105 Å². The summed E-state index contributed by atoms with van der Waals surface area (Å²) in [5.41, 5.74) is 3.95. The summed E-state index contributed by atoms with van der Waals surface area (Å²) in [6.07, 6.45) is 8.19. The van der Waals surface area contributed by atoms with Crippen molar-refractivity contribution >= 4 is 0 Å². The Bertz CT molecular complexity index is 380. The quantitative estimate of drug-likeness (QED) is 0.817. The lowest BCUT2D eigenvalue weighted by atomic mass is 9.55. The predicted octanol–water partition coefficient (Wildman–Crippen LogP) is 3.56. The zero-order valence-corrected chi connectivity index (χ0v) is 11.1. The van der Waals surface area contributed by atoms with Crippen LogP contribution < -0.4 is 5.32 Å². The zero-order chi connectivity index (χ0) is 11.9. The van der Waals surface area contributed by atoms with Crippen LogP contribution in [0.5, 0.6) is 0 Å². The van der Waals surface area contributed by atoms with Crippen LogP contribution in [-0.4, -0.2) is 12.6 Å². The highest BCUT2D eigenvalue weighted by Crippen LogP contribution is 2.53. The maximum atomic E-state index is 3.58. The van der Waals surface area contributed by atoms with Gasteiger partial charge in [-0.2, -0.15) is 0 Å². The molecule has 1 aromatic rings. The van der Waals surface area contributed by atoms with E-state index in [1.54, 1.807) is 5.56 Å². The summed E-state index contributed by atoms with van der Waals surface area (Å²) in [6.45, 7) is 2.18. The van der Waals surface area contributed by atoms with Crippen molar-refractivity contribution < 1.29 is 0 Å². The summed E-state index contributed by atoms with van der Waals surface area (Å²) in [5.74, 6) is 0. The van der Waals surface area contributed by atoms with Gasteiger partial charge in [0.05, 0.1) is 0 Å². The number of rotatable bonds is 2. The molecule has 0 amide bonds. The van der Waals surface area contributed by atoms with Gasteiger partial charge in [-0.05, 0) is 63.5 Å². The molecule has 0 aromatic heterocycles. The van der Waals surface area contributed by atoms with Gasteiger partial charge in [0.15, 0.2) is 0 Å². The normalized spacial score (nSPS) is 36.1. The Morgan fingerprint density at radius 3 is 1.88 bits per heavy atom. The van der Waals surface area contributed by atoms with E-state index >= 15 is 0 Å². The van der Waals surface area contributed by atoms with E-state index < -0.39 is 0 Å². The molecule has 1 aromatic carbocycles. The summed E-state index contributed by atoms with van der Waals surface area (Å²) in [7, 11) is 2.14. The fourth-order valence-corrected chi connectivity index (χ4v) is 3.90. The Balaban J connectivity index is 1.88. The first-order chi connectivity index (χ1) is 8.18. The number of hydrogen-bond donors (Lipinski definition) is 1. The summed E-state index contributed by atoms with van der Waals surface area (Å²) < 4.78 is 0. The van der Waals surface area contributed by atoms with Crippen molar-refractivity contribution in [1.29, 1.82) is 0 Å². The Morgan fingerprint density at radius 1 is 0.882 bits per heavy atom. The van der Waals surface area contributed by atoms with E-state index in [0.717, 1.165) is 0 Å². The maximum absolute atomic E-state index is 3.58. The number of benzene rings is 1. The molecule has 3 saturated carbocycles. The van der Waals surface area contributed by atoms with Crippen molar-refractivity contribution in [3.63, 3.8) is 0 Å². The summed E-state index contributed by atoms with van der Waals surface area (Å²) in [5, 5.41) is 3.58. The molecule has 0 atom stereocenters. The second kappa shape index (κ2) is 3.84. The van der Waals surface area contributed by atoms with Crippen molar-refractivity contribution in [2.45, 2.75) is 56.4 Å². The maximum Gasteiger partial charge on any atom is 0.0179 e. The molecule has 0 unspecified atom stereocenters. The number of aryl methyl sites for hydroxylation is 1. The van der Waals surface area contributed by atoms with Gasteiger partial charge in [0.2, 0.25) is 0 Å². The first-order valence-corrected chi connectivity index (χ1v) is 6.94. The highest BCUT2D eigenvalue weighted by atomic mass is 15.0. The van der Waals surface area contributed by atoms with Crippen molar-refractivity contribution in [2.24, 2.45) is 0 Å². The van der Waals surface area contributed by atoms with Crippen LogP contribution in [0.1, 0.15) is 49.7 Å². The molecule has 1 heteroatoms. The lowest BCUT2D eigenvalue weighted by Gasteiger charge is -2.54. The van der Waals surface area contributed by atoms with E-state index in [1.807, 2.05) is 0 Å². The van der Waals surface area contributed by atoms with E-state index in [-0.39, 0.29) is 0 Å². The molecule has 3 aliphatic rings. The van der Waals surface area contributed by atoms with Crippen LogP contribution in [0.4, 0.5) is 0 Å². The molecule has 2 bridgehead atoms. The lowest BCUT2D eigenvalue weighted by Crippen LogP contribution is -2.54. The largest absolute Gasteiger partial charge is 0.314 e. The van der Waals surface area contributed by atoms with Crippen LogP contribution in [0.2, 0.25) is 0 Å². The standard InChI is InChI=1S/C16H23N/c1-13-3-5-14(6-4-13)15-7-10-16(17-2,11-8-15)12-9-15/h3-6,17H,7-12H2,1-2H3. The van der Waals surface area contributed by atoms with Crippen molar-refractivity contribution in [3.8, 4) is 0 Å². The van der Waals surface area contributed by atoms with Crippen molar-refractivity contribution in [2.75, 3.05) is 7.05 Å². The molecule has 17 heavy (non-hydrogen) atoms. The zero-order valence-electron chi connectivity index (χ0n) is 11.1. The minimum atomic E-state index is 0.479. The van der Waals surface area contributed by atoms with Crippen LogP contribution in [-0.2, 0) is 5.41 Å². The molecule has 0 saturated heterocycles. The van der Waals surface area contributed by atoms with Crippen molar-refractivity contribution in [1.82, 2.24) is 5.32 Å². The minimum Gasteiger partial charge on any atom is -0.314 e. The minimum absolute atomic E-state index is 0.479. The lowest BCUT2D eigenvalue weighted by molar-refractivity contribution is 0.0835. The number of nitrogens with one attached hydrogen (secondary N) is 1. The van der Waals surface area contributed by atoms with Crippen LogP contribution in [0, 0.1) is 6.92 Å². The van der Waals surface area contributed by atoms with Gasteiger partial charge in [0.1, 0.15) is 0 Å². The molecular formula is C16H23N. The van der Waals surface area contributed by atoms with Gasteiger partial charge in [-0.25, -0.2) is 0 Å². The van der Waals surface area contributed by atoms with E-state index in [2.05, 4.69) is 43.6 Å². The van der Waals surface area contributed by atoms with Gasteiger partial charge < -0.3 is 5.32 Å². The molecule has 3 fully saturated rings. The molecule has 0 radical (unpaired) electrons. The Hall–Kier alpha value is -0.820. The number of fused-ring (bicyclic) bond motifs is 3. The van der Waals surface area contributed by atoms with Crippen LogP contribution >= 0.6 is 0 Å². The Morgan fingerprint density at radius 2 is 1.41 bits per heavy atom. The molecule has 0 aliphatic heterocycles. The molecule has 0 heterocycles. The van der Waals surface area contributed by atoms with E-state index in [9.17, 15) is 0 Å². The average Bonchev–Trinajstić information content (AvgIpc) is 2.41. The fraction of sp³-hybridized carbons (Fsp3) is 0.625. The van der Waals surface area contributed by atoms with E-state index in [1.165, 1.54) is 44.1 Å². The highest BCUT2D eigenvalue weighted by Gasteiger charge is 2.48. The van der Waals surface area contributed by atoms with Gasteiger partial charge in [0, 0.05) is 5.54 Å². The van der Waals surface area contributed by atoms with E-state index in [4.69, 9.17) is 0 Å². The van der Waals surface area contributed by atoms with Crippen molar-refractivity contribution in [3.05, 3.63) is 35.4 Å². The molecule has 92 valence electrons. The predicted molar refractivity (Wildman–Crippen MR) is 72.3 cm³/mol. The second-order valence-corrected chi connectivity index (χ2v) is 6.18. The van der Waals surface area contributed by atoms with Crippen LogP contribution in [0.25, 0.3) is 0 Å². The van der Waals surface area contributed by atoms with Crippen LogP contribution in [0.15, 0.2) is 24.3 Å². The third-order valence-corrected chi connectivity index (χ3v) is 5.44. The van der Waals surface area contributed by atoms with Gasteiger partial charge in [-0.1, -0.05) is 29.8 Å². The number of hydrogen-bond acceptors (Lipinski definition) is 1. The third kappa shape index (κ3) is 1.72. The third-order valence-electron chi connectivity index (χ3n) is 5.44. The summed E-state index contributed by atoms with van der Waals surface area (Å²) in [4.78, 5) is 0. The van der Waals surface area contributed by atoms with Gasteiger partial charge in [-0.3, -0.25) is 0 Å². The SMILES string of the molecule is CNC12CCC(c3ccc(C)cc3)(CC1)CC2.